The van der Waals surface area contributed by atoms with E-state index in [4.69, 9.17) is 10.5 Å². The molecule has 0 saturated heterocycles. The van der Waals surface area contributed by atoms with E-state index in [0.717, 1.165) is 12.0 Å². The Morgan fingerprint density at radius 2 is 2.36 bits per heavy atom. The SMILES string of the molecule is C=C(C)CCOc1ncnc(N)c1Br. The Hall–Kier alpha value is -1.10. The summed E-state index contributed by atoms with van der Waals surface area (Å²) in [4.78, 5) is 7.75. The molecule has 1 rings (SSSR count). The molecule has 0 unspecified atom stereocenters. The standard InChI is InChI=1S/C9H12BrN3O/c1-6(2)3-4-14-9-7(10)8(11)12-5-13-9/h5H,1,3-4H2,2H3,(H2,11,12,13). The minimum Gasteiger partial charge on any atom is -0.476 e. The van der Waals surface area contributed by atoms with Gasteiger partial charge in [0, 0.05) is 6.42 Å². The van der Waals surface area contributed by atoms with Gasteiger partial charge < -0.3 is 10.5 Å². The van der Waals surface area contributed by atoms with Crippen LogP contribution in [0.3, 0.4) is 0 Å². The molecular formula is C9H12BrN3O. The normalized spacial score (nSPS) is 9.86. The Bertz CT molecular complexity index is 341. The van der Waals surface area contributed by atoms with Gasteiger partial charge in [-0.25, -0.2) is 9.97 Å². The first kappa shape index (κ1) is 11.0. The van der Waals surface area contributed by atoms with E-state index in [1.165, 1.54) is 6.33 Å². The van der Waals surface area contributed by atoms with E-state index in [1.54, 1.807) is 0 Å². The predicted molar refractivity (Wildman–Crippen MR) is 59.1 cm³/mol. The molecule has 2 N–H and O–H groups in total. The van der Waals surface area contributed by atoms with E-state index < -0.39 is 0 Å². The number of nitrogens with two attached hydrogens (primary N) is 1. The quantitative estimate of drug-likeness (QED) is 0.840. The van der Waals surface area contributed by atoms with E-state index in [2.05, 4.69) is 32.5 Å². The van der Waals surface area contributed by atoms with Crippen LogP contribution < -0.4 is 10.5 Å². The first-order valence-corrected chi connectivity index (χ1v) is 4.93. The highest BCUT2D eigenvalue weighted by Crippen LogP contribution is 2.26. The van der Waals surface area contributed by atoms with Gasteiger partial charge in [-0.3, -0.25) is 0 Å². The monoisotopic (exact) mass is 257 g/mol. The number of aromatic nitrogens is 2. The Morgan fingerprint density at radius 3 is 3.00 bits per heavy atom. The minimum absolute atomic E-state index is 0.380. The molecule has 0 amide bonds. The summed E-state index contributed by atoms with van der Waals surface area (Å²) in [5.74, 6) is 0.851. The Morgan fingerprint density at radius 1 is 1.64 bits per heavy atom. The lowest BCUT2D eigenvalue weighted by molar-refractivity contribution is 0.307. The maximum Gasteiger partial charge on any atom is 0.233 e. The Kier molecular flexibility index (Phi) is 3.88. The maximum absolute atomic E-state index is 5.56. The van der Waals surface area contributed by atoms with E-state index >= 15 is 0 Å². The third kappa shape index (κ3) is 2.99. The summed E-state index contributed by atoms with van der Waals surface area (Å²) in [7, 11) is 0. The number of ether oxygens (including phenoxy) is 1. The average molecular weight is 258 g/mol. The molecule has 0 aliphatic carbocycles. The van der Waals surface area contributed by atoms with Crippen LogP contribution >= 0.6 is 15.9 Å². The zero-order valence-electron chi connectivity index (χ0n) is 7.96. The van der Waals surface area contributed by atoms with Crippen molar-refractivity contribution in [3.8, 4) is 5.88 Å². The minimum atomic E-state index is 0.380. The van der Waals surface area contributed by atoms with Crippen molar-refractivity contribution in [2.24, 2.45) is 0 Å². The molecule has 14 heavy (non-hydrogen) atoms. The van der Waals surface area contributed by atoms with Crippen LogP contribution in [0.4, 0.5) is 5.82 Å². The van der Waals surface area contributed by atoms with Crippen molar-refractivity contribution in [2.75, 3.05) is 12.3 Å². The highest BCUT2D eigenvalue weighted by atomic mass is 79.9. The number of rotatable bonds is 4. The number of nitrogens with zero attached hydrogens (tertiary/aromatic N) is 2. The van der Waals surface area contributed by atoms with E-state index in [0.29, 0.717) is 22.8 Å². The molecule has 0 aromatic carbocycles. The molecule has 5 heteroatoms. The van der Waals surface area contributed by atoms with Crippen molar-refractivity contribution in [2.45, 2.75) is 13.3 Å². The summed E-state index contributed by atoms with van der Waals surface area (Å²) in [5.41, 5.74) is 6.63. The van der Waals surface area contributed by atoms with E-state index in [-0.39, 0.29) is 0 Å². The molecule has 0 radical (unpaired) electrons. The molecular weight excluding hydrogens is 246 g/mol. The number of anilines is 1. The molecule has 0 aliphatic rings. The highest BCUT2D eigenvalue weighted by molar-refractivity contribution is 9.10. The second kappa shape index (κ2) is 4.95. The van der Waals surface area contributed by atoms with Crippen LogP contribution in [-0.2, 0) is 0 Å². The smallest absolute Gasteiger partial charge is 0.233 e. The van der Waals surface area contributed by atoms with Crippen LogP contribution in [0, 0.1) is 0 Å². The molecule has 0 atom stereocenters. The van der Waals surface area contributed by atoms with Crippen molar-refractivity contribution in [3.63, 3.8) is 0 Å². The summed E-state index contributed by atoms with van der Waals surface area (Å²) < 4.78 is 5.99. The fourth-order valence-electron chi connectivity index (χ4n) is 0.789. The molecule has 1 heterocycles. The lowest BCUT2D eigenvalue weighted by atomic mass is 10.3. The molecule has 0 fully saturated rings. The fraction of sp³-hybridized carbons (Fsp3) is 0.333. The zero-order chi connectivity index (χ0) is 10.6. The van der Waals surface area contributed by atoms with Crippen molar-refractivity contribution in [3.05, 3.63) is 23.0 Å². The van der Waals surface area contributed by atoms with Crippen LogP contribution in [0.15, 0.2) is 23.0 Å². The van der Waals surface area contributed by atoms with Crippen molar-refractivity contribution >= 4 is 21.7 Å². The van der Waals surface area contributed by atoms with Gasteiger partial charge in [-0.15, -0.1) is 6.58 Å². The van der Waals surface area contributed by atoms with Crippen LogP contribution in [0.5, 0.6) is 5.88 Å². The number of nitrogen functional groups attached to an aromatic ring is 1. The molecule has 0 spiro atoms. The van der Waals surface area contributed by atoms with Gasteiger partial charge in [0.2, 0.25) is 5.88 Å². The zero-order valence-corrected chi connectivity index (χ0v) is 9.54. The first-order valence-electron chi connectivity index (χ1n) is 4.14. The molecule has 4 nitrogen and oxygen atoms in total. The molecule has 1 aromatic heterocycles. The number of halogens is 1. The molecule has 0 saturated carbocycles. The van der Waals surface area contributed by atoms with Crippen LogP contribution in [0.1, 0.15) is 13.3 Å². The van der Waals surface area contributed by atoms with Gasteiger partial charge in [0.25, 0.3) is 0 Å². The van der Waals surface area contributed by atoms with E-state index in [9.17, 15) is 0 Å². The average Bonchev–Trinajstić information content (AvgIpc) is 2.12. The summed E-state index contributed by atoms with van der Waals surface area (Å²) in [6.45, 7) is 6.27. The van der Waals surface area contributed by atoms with Gasteiger partial charge in [0.1, 0.15) is 16.6 Å². The lowest BCUT2D eigenvalue weighted by Crippen LogP contribution is -2.02. The number of hydrogen-bond donors (Lipinski definition) is 1. The van der Waals surface area contributed by atoms with Crippen LogP contribution in [0.25, 0.3) is 0 Å². The van der Waals surface area contributed by atoms with Crippen LogP contribution in [-0.4, -0.2) is 16.6 Å². The maximum atomic E-state index is 5.56. The molecule has 0 bridgehead atoms. The van der Waals surface area contributed by atoms with E-state index in [1.807, 2.05) is 6.92 Å². The molecule has 76 valence electrons. The topological polar surface area (TPSA) is 61.0 Å². The highest BCUT2D eigenvalue weighted by Gasteiger charge is 2.06. The second-order valence-electron chi connectivity index (χ2n) is 2.93. The Labute approximate surface area is 91.3 Å². The Balaban J connectivity index is 2.59. The van der Waals surface area contributed by atoms with Crippen molar-refractivity contribution in [1.29, 1.82) is 0 Å². The lowest BCUT2D eigenvalue weighted by Gasteiger charge is -2.07. The van der Waals surface area contributed by atoms with Gasteiger partial charge in [0.05, 0.1) is 6.61 Å². The van der Waals surface area contributed by atoms with Gasteiger partial charge in [-0.1, -0.05) is 5.57 Å². The summed E-state index contributed by atoms with van der Waals surface area (Å²) in [6.07, 6.45) is 2.17. The van der Waals surface area contributed by atoms with Gasteiger partial charge in [-0.05, 0) is 22.9 Å². The third-order valence-electron chi connectivity index (χ3n) is 1.55. The molecule has 0 aliphatic heterocycles. The second-order valence-corrected chi connectivity index (χ2v) is 3.73. The fourth-order valence-corrected chi connectivity index (χ4v) is 1.11. The largest absolute Gasteiger partial charge is 0.476 e. The predicted octanol–water partition coefficient (Wildman–Crippen LogP) is 2.17. The third-order valence-corrected chi connectivity index (χ3v) is 2.30. The first-order chi connectivity index (χ1) is 6.61. The van der Waals surface area contributed by atoms with Crippen molar-refractivity contribution < 1.29 is 4.74 Å². The summed E-state index contributed by atoms with van der Waals surface area (Å²) in [6, 6.07) is 0. The summed E-state index contributed by atoms with van der Waals surface area (Å²) >= 11 is 3.25. The van der Waals surface area contributed by atoms with Crippen molar-refractivity contribution in [1.82, 2.24) is 9.97 Å². The van der Waals surface area contributed by atoms with Gasteiger partial charge in [0.15, 0.2) is 0 Å². The molecule has 1 aromatic rings. The van der Waals surface area contributed by atoms with Crippen LogP contribution in [0.2, 0.25) is 0 Å². The van der Waals surface area contributed by atoms with Gasteiger partial charge >= 0.3 is 0 Å². The number of hydrogen-bond acceptors (Lipinski definition) is 4. The van der Waals surface area contributed by atoms with Gasteiger partial charge in [-0.2, -0.15) is 0 Å². The summed E-state index contributed by atoms with van der Waals surface area (Å²) in [5, 5.41) is 0.